The lowest BCUT2D eigenvalue weighted by Crippen LogP contribution is -2.45. The highest BCUT2D eigenvalue weighted by Crippen LogP contribution is 2.19. The Kier molecular flexibility index (Phi) is 66.2. The van der Waals surface area contributed by atoms with Crippen LogP contribution in [0.1, 0.15) is 386 Å². The second-order valence-electron chi connectivity index (χ2n) is 23.9. The van der Waals surface area contributed by atoms with Crippen molar-refractivity contribution in [2.45, 2.75) is 398 Å². The summed E-state index contributed by atoms with van der Waals surface area (Å²) in [7, 11) is 0. The molecule has 4 heteroatoms. The summed E-state index contributed by atoms with van der Waals surface area (Å²) in [6.07, 6.45) is 95.0. The zero-order valence-corrected chi connectivity index (χ0v) is 51.8. The molecule has 4 nitrogen and oxygen atoms in total. The molecule has 0 saturated heterocycles. The van der Waals surface area contributed by atoms with Gasteiger partial charge < -0.3 is 15.5 Å². The van der Waals surface area contributed by atoms with Crippen LogP contribution in [0.2, 0.25) is 0 Å². The minimum absolute atomic E-state index is 0.0660. The molecule has 0 saturated carbocycles. The molecule has 2 atom stereocenters. The molecule has 0 fully saturated rings. The van der Waals surface area contributed by atoms with Crippen molar-refractivity contribution in [2.24, 2.45) is 0 Å². The van der Waals surface area contributed by atoms with Gasteiger partial charge >= 0.3 is 0 Å². The summed E-state index contributed by atoms with van der Waals surface area (Å²) in [6, 6.07) is -0.639. The van der Waals surface area contributed by atoms with Crippen LogP contribution in [-0.4, -0.2) is 34.9 Å². The van der Waals surface area contributed by atoms with E-state index in [1.165, 1.54) is 327 Å². The minimum atomic E-state index is -0.862. The van der Waals surface area contributed by atoms with E-state index in [0.717, 1.165) is 38.5 Å². The average molecular weight is 1060 g/mol. The number of aliphatic hydroxyl groups excluding tert-OH is 2. The van der Waals surface area contributed by atoms with Crippen LogP contribution >= 0.6 is 0 Å². The van der Waals surface area contributed by atoms with Gasteiger partial charge in [-0.15, -0.1) is 0 Å². The average Bonchev–Trinajstić information content (AvgIpc) is 3.42. The number of unbranched alkanes of at least 4 members (excludes halogenated alkanes) is 52. The van der Waals surface area contributed by atoms with E-state index in [0.29, 0.717) is 6.42 Å². The Morgan fingerprint density at radius 2 is 0.553 bits per heavy atom. The fraction of sp³-hybridized carbons (Fsp3) is 0.875. The van der Waals surface area contributed by atoms with Gasteiger partial charge in [0.05, 0.1) is 18.8 Å². The lowest BCUT2D eigenvalue weighted by atomic mass is 10.0. The summed E-state index contributed by atoms with van der Waals surface area (Å²) >= 11 is 0. The third-order valence-electron chi connectivity index (χ3n) is 16.3. The SMILES string of the molecule is CCCCCCC/C=C\C/C=C\CCCCCCCCCCCCCCCCCCCCCCCCCCCCCCCC(=O)NC(CO)C(O)/C=C/CC/C=C/CCCCCCCCCCCCCCCCCCC. The van der Waals surface area contributed by atoms with E-state index in [4.69, 9.17) is 0 Å². The number of rotatable bonds is 65. The third kappa shape index (κ3) is 63.2. The van der Waals surface area contributed by atoms with Crippen molar-refractivity contribution in [1.82, 2.24) is 5.32 Å². The highest BCUT2D eigenvalue weighted by atomic mass is 16.3. The van der Waals surface area contributed by atoms with Crippen molar-refractivity contribution in [3.8, 4) is 0 Å². The smallest absolute Gasteiger partial charge is 0.220 e. The molecule has 0 aromatic carbocycles. The second kappa shape index (κ2) is 67.6. The van der Waals surface area contributed by atoms with Crippen molar-refractivity contribution in [2.75, 3.05) is 6.61 Å². The van der Waals surface area contributed by atoms with E-state index in [2.05, 4.69) is 55.6 Å². The number of carbonyl (C=O) groups is 1. The third-order valence-corrected chi connectivity index (χ3v) is 16.3. The van der Waals surface area contributed by atoms with Crippen LogP contribution in [0.25, 0.3) is 0 Å². The summed E-state index contributed by atoms with van der Waals surface area (Å²) in [5.41, 5.74) is 0. The van der Waals surface area contributed by atoms with E-state index in [1.807, 2.05) is 6.08 Å². The molecular formula is C72H137NO3. The molecule has 0 aliphatic carbocycles. The Morgan fingerprint density at radius 1 is 0.316 bits per heavy atom. The number of nitrogens with one attached hydrogen (secondary N) is 1. The molecule has 0 spiro atoms. The fourth-order valence-electron chi connectivity index (χ4n) is 11.0. The van der Waals surface area contributed by atoms with E-state index >= 15 is 0 Å². The maximum atomic E-state index is 12.5. The van der Waals surface area contributed by atoms with Gasteiger partial charge in [0.2, 0.25) is 5.91 Å². The summed E-state index contributed by atoms with van der Waals surface area (Å²) in [4.78, 5) is 12.5. The van der Waals surface area contributed by atoms with Gasteiger partial charge in [0.1, 0.15) is 0 Å². The zero-order chi connectivity index (χ0) is 54.8. The molecule has 2 unspecified atom stereocenters. The lowest BCUT2D eigenvalue weighted by Gasteiger charge is -2.19. The van der Waals surface area contributed by atoms with Gasteiger partial charge in [-0.1, -0.05) is 364 Å². The Hall–Kier alpha value is -1.65. The standard InChI is InChI=1S/C72H137NO3/c1-3-5-7-9-11-13-15-17-19-21-23-25-27-28-29-30-31-32-33-34-35-36-37-38-39-40-41-42-43-44-46-48-50-52-54-56-58-60-62-64-66-68-72(76)73-70(69-74)71(75)67-65-63-61-59-57-55-53-51-49-47-45-26-24-22-20-18-16-14-12-10-8-6-4-2/h15,17,21,23,57,59,65,67,70-71,74-75H,3-14,16,18-20,22,24-56,58,60-64,66,68-69H2,1-2H3,(H,73,76)/b17-15-,23-21-,59-57+,67-65+. The normalized spacial score (nSPS) is 12.9. The van der Waals surface area contributed by atoms with Crippen molar-refractivity contribution in [3.05, 3.63) is 48.6 Å². The van der Waals surface area contributed by atoms with Gasteiger partial charge in [-0.25, -0.2) is 0 Å². The first-order chi connectivity index (χ1) is 37.7. The molecular weight excluding hydrogens is 927 g/mol. The fourth-order valence-corrected chi connectivity index (χ4v) is 11.0. The molecule has 448 valence electrons. The van der Waals surface area contributed by atoms with Gasteiger partial charge in [0.25, 0.3) is 0 Å². The number of aliphatic hydroxyl groups is 2. The predicted molar refractivity (Wildman–Crippen MR) is 341 cm³/mol. The first kappa shape index (κ1) is 74.3. The number of hydrogen-bond donors (Lipinski definition) is 3. The minimum Gasteiger partial charge on any atom is -0.394 e. The quantitative estimate of drug-likeness (QED) is 0.0420. The largest absolute Gasteiger partial charge is 0.394 e. The van der Waals surface area contributed by atoms with Gasteiger partial charge in [0, 0.05) is 6.42 Å². The van der Waals surface area contributed by atoms with E-state index in [9.17, 15) is 15.0 Å². The molecule has 0 rings (SSSR count). The maximum absolute atomic E-state index is 12.5. The number of amides is 1. The molecule has 3 N–H and O–H groups in total. The van der Waals surface area contributed by atoms with Crippen LogP contribution in [0.4, 0.5) is 0 Å². The van der Waals surface area contributed by atoms with Gasteiger partial charge in [-0.05, 0) is 64.2 Å². The molecule has 0 aliphatic rings. The summed E-state index contributed by atoms with van der Waals surface area (Å²) in [5, 5.41) is 23.2. The number of allylic oxidation sites excluding steroid dienone is 7. The summed E-state index contributed by atoms with van der Waals surface area (Å²) < 4.78 is 0. The highest BCUT2D eigenvalue weighted by molar-refractivity contribution is 5.76. The van der Waals surface area contributed by atoms with Crippen LogP contribution in [0.15, 0.2) is 48.6 Å². The van der Waals surface area contributed by atoms with Crippen LogP contribution in [-0.2, 0) is 4.79 Å². The van der Waals surface area contributed by atoms with Crippen molar-refractivity contribution in [3.63, 3.8) is 0 Å². The topological polar surface area (TPSA) is 69.6 Å². The monoisotopic (exact) mass is 1060 g/mol. The molecule has 0 radical (unpaired) electrons. The van der Waals surface area contributed by atoms with E-state index < -0.39 is 12.1 Å². The molecule has 0 heterocycles. The molecule has 76 heavy (non-hydrogen) atoms. The van der Waals surface area contributed by atoms with Crippen LogP contribution in [0.3, 0.4) is 0 Å². The van der Waals surface area contributed by atoms with E-state index in [-0.39, 0.29) is 12.5 Å². The Labute approximate surface area is 477 Å². The Morgan fingerprint density at radius 3 is 0.842 bits per heavy atom. The predicted octanol–water partition coefficient (Wildman–Crippen LogP) is 23.7. The maximum Gasteiger partial charge on any atom is 0.220 e. The van der Waals surface area contributed by atoms with Gasteiger partial charge in [-0.3, -0.25) is 4.79 Å². The highest BCUT2D eigenvalue weighted by Gasteiger charge is 2.18. The van der Waals surface area contributed by atoms with Crippen molar-refractivity contribution >= 4 is 5.91 Å². The van der Waals surface area contributed by atoms with Crippen LogP contribution in [0.5, 0.6) is 0 Å². The van der Waals surface area contributed by atoms with E-state index in [1.54, 1.807) is 6.08 Å². The van der Waals surface area contributed by atoms with Crippen LogP contribution in [0, 0.1) is 0 Å². The Bertz CT molecular complexity index is 1210. The first-order valence-electron chi connectivity index (χ1n) is 34.9. The summed E-state index contributed by atoms with van der Waals surface area (Å²) in [6.45, 7) is 4.33. The molecule has 1 amide bonds. The molecule has 0 bridgehead atoms. The number of hydrogen-bond acceptors (Lipinski definition) is 3. The van der Waals surface area contributed by atoms with Crippen molar-refractivity contribution in [1.29, 1.82) is 0 Å². The lowest BCUT2D eigenvalue weighted by molar-refractivity contribution is -0.123. The zero-order valence-electron chi connectivity index (χ0n) is 51.8. The molecule has 0 aromatic heterocycles. The van der Waals surface area contributed by atoms with Crippen LogP contribution < -0.4 is 5.32 Å². The molecule has 0 aromatic rings. The van der Waals surface area contributed by atoms with Crippen molar-refractivity contribution < 1.29 is 15.0 Å². The van der Waals surface area contributed by atoms with Gasteiger partial charge in [-0.2, -0.15) is 0 Å². The summed E-state index contributed by atoms with van der Waals surface area (Å²) in [5.74, 6) is -0.0660. The number of carbonyl (C=O) groups excluding carboxylic acids is 1. The first-order valence-corrected chi connectivity index (χ1v) is 34.9. The Balaban J connectivity index is 3.41. The molecule has 0 aliphatic heterocycles. The van der Waals surface area contributed by atoms with Gasteiger partial charge in [0.15, 0.2) is 0 Å². The second-order valence-corrected chi connectivity index (χ2v) is 23.9.